The molecule has 0 amide bonds. The van der Waals surface area contributed by atoms with Gasteiger partial charge < -0.3 is 14.7 Å². The molecule has 2 fully saturated rings. The summed E-state index contributed by atoms with van der Waals surface area (Å²) < 4.78 is 5.33. The molecule has 1 N–H and O–H groups in total. The minimum absolute atomic E-state index is 0.0635. The van der Waals surface area contributed by atoms with Gasteiger partial charge in [-0.15, -0.1) is 0 Å². The zero-order valence-electron chi connectivity index (χ0n) is 14.9. The Bertz CT molecular complexity index is 699. The molecule has 2 aliphatic carbocycles. The number of hydrogen-bond donors (Lipinski definition) is 1. The highest BCUT2D eigenvalue weighted by Crippen LogP contribution is 2.59. The first kappa shape index (κ1) is 15.9. The number of phenols is 1. The first-order valence-electron chi connectivity index (χ1n) is 9.18. The molecule has 1 saturated heterocycles. The Labute approximate surface area is 143 Å². The van der Waals surface area contributed by atoms with Gasteiger partial charge in [-0.05, 0) is 69.3 Å². The molecule has 0 aromatic heterocycles. The van der Waals surface area contributed by atoms with E-state index in [-0.39, 0.29) is 17.1 Å². The predicted molar refractivity (Wildman–Crippen MR) is 92.5 cm³/mol. The van der Waals surface area contributed by atoms with Crippen LogP contribution in [-0.4, -0.2) is 35.6 Å². The first-order valence-corrected chi connectivity index (χ1v) is 9.18. The molecule has 0 radical (unpaired) electrons. The van der Waals surface area contributed by atoms with Crippen LogP contribution < -0.4 is 4.74 Å². The number of hydrogen-bond acceptors (Lipinski definition) is 4. The van der Waals surface area contributed by atoms with E-state index in [1.54, 1.807) is 0 Å². The number of piperidine rings is 1. The van der Waals surface area contributed by atoms with Crippen LogP contribution in [0.5, 0.6) is 11.5 Å². The van der Waals surface area contributed by atoms with Gasteiger partial charge in [0.1, 0.15) is 0 Å². The Morgan fingerprint density at radius 1 is 1.38 bits per heavy atom. The normalized spacial score (nSPS) is 32.0. The quantitative estimate of drug-likeness (QED) is 0.634. The first-order chi connectivity index (χ1) is 11.4. The number of nitrogens with zero attached hydrogens (tertiary/aromatic N) is 1. The van der Waals surface area contributed by atoms with Gasteiger partial charge in [-0.1, -0.05) is 12.8 Å². The van der Waals surface area contributed by atoms with Gasteiger partial charge in [0, 0.05) is 23.9 Å². The molecular weight excluding hydrogens is 302 g/mol. The lowest BCUT2D eigenvalue weighted by Gasteiger charge is -2.58. The molecule has 0 spiro atoms. The molecule has 1 aromatic rings. The zero-order chi connectivity index (χ0) is 17.1. The second-order valence-corrected chi connectivity index (χ2v) is 8.00. The second kappa shape index (κ2) is 5.48. The Balaban J connectivity index is 1.93. The summed E-state index contributed by atoms with van der Waals surface area (Å²) in [4.78, 5) is 14.0. The van der Waals surface area contributed by atoms with Crippen LogP contribution in [0.15, 0.2) is 6.07 Å². The Morgan fingerprint density at radius 2 is 2.17 bits per heavy atom. The minimum Gasteiger partial charge on any atom is -0.504 e. The Hall–Kier alpha value is -1.55. The molecule has 130 valence electrons. The third kappa shape index (κ3) is 2.12. The van der Waals surface area contributed by atoms with Gasteiger partial charge in [0.05, 0.1) is 0 Å². The summed E-state index contributed by atoms with van der Waals surface area (Å²) in [5.74, 6) is 0.797. The number of likely N-dealkylation sites (tertiary alicyclic amines) is 1. The van der Waals surface area contributed by atoms with E-state index in [2.05, 4.69) is 18.9 Å². The van der Waals surface area contributed by atoms with Gasteiger partial charge in [-0.25, -0.2) is 0 Å². The maximum Gasteiger partial charge on any atom is 0.308 e. The number of aromatic hydroxyl groups is 1. The summed E-state index contributed by atoms with van der Waals surface area (Å²) in [6.07, 6.45) is 6.99. The van der Waals surface area contributed by atoms with Crippen molar-refractivity contribution in [2.75, 3.05) is 13.6 Å². The van der Waals surface area contributed by atoms with Crippen LogP contribution in [0.1, 0.15) is 55.7 Å². The largest absolute Gasteiger partial charge is 0.504 e. The topological polar surface area (TPSA) is 49.8 Å². The summed E-state index contributed by atoms with van der Waals surface area (Å²) in [6.45, 7) is 4.55. The summed E-state index contributed by atoms with van der Waals surface area (Å²) in [7, 11) is 2.25. The van der Waals surface area contributed by atoms with E-state index in [1.807, 2.05) is 6.07 Å². The SMILES string of the molecule is CC(=O)Oc1cc(C)c2c(c1O)[C@@]13CCCCC1C(C2)N(C)CC3. The van der Waals surface area contributed by atoms with E-state index in [9.17, 15) is 9.90 Å². The number of rotatable bonds is 1. The molecule has 1 aromatic carbocycles. The molecule has 1 saturated carbocycles. The monoisotopic (exact) mass is 329 g/mol. The number of ether oxygens (including phenoxy) is 1. The van der Waals surface area contributed by atoms with Crippen LogP contribution in [0.4, 0.5) is 0 Å². The van der Waals surface area contributed by atoms with E-state index in [0.717, 1.165) is 36.9 Å². The molecule has 1 heterocycles. The van der Waals surface area contributed by atoms with Gasteiger partial charge in [-0.2, -0.15) is 0 Å². The van der Waals surface area contributed by atoms with Gasteiger partial charge in [0.15, 0.2) is 11.5 Å². The number of phenolic OH excluding ortho intramolecular Hbond substituents is 1. The summed E-state index contributed by atoms with van der Waals surface area (Å²) >= 11 is 0. The van der Waals surface area contributed by atoms with Crippen molar-refractivity contribution < 1.29 is 14.6 Å². The molecule has 2 unspecified atom stereocenters. The number of benzene rings is 1. The third-order valence-corrected chi connectivity index (χ3v) is 6.80. The van der Waals surface area contributed by atoms with Gasteiger partial charge in [0.2, 0.25) is 0 Å². The fraction of sp³-hybridized carbons (Fsp3) is 0.650. The van der Waals surface area contributed by atoms with Crippen LogP contribution in [0.3, 0.4) is 0 Å². The van der Waals surface area contributed by atoms with Crippen LogP contribution >= 0.6 is 0 Å². The molecule has 4 nitrogen and oxygen atoms in total. The van der Waals surface area contributed by atoms with Gasteiger partial charge >= 0.3 is 5.97 Å². The van der Waals surface area contributed by atoms with Crippen molar-refractivity contribution in [1.29, 1.82) is 0 Å². The highest BCUT2D eigenvalue weighted by molar-refractivity contribution is 5.72. The minimum atomic E-state index is -0.376. The summed E-state index contributed by atoms with van der Waals surface area (Å²) in [6, 6.07) is 2.41. The maximum absolute atomic E-state index is 11.4. The van der Waals surface area contributed by atoms with Crippen molar-refractivity contribution in [3.8, 4) is 11.5 Å². The van der Waals surface area contributed by atoms with Crippen molar-refractivity contribution >= 4 is 5.97 Å². The van der Waals surface area contributed by atoms with Crippen molar-refractivity contribution in [2.45, 2.75) is 63.8 Å². The van der Waals surface area contributed by atoms with Crippen molar-refractivity contribution in [2.24, 2.45) is 5.92 Å². The molecular formula is C20H27NO3. The molecule has 3 aliphatic rings. The molecule has 1 aliphatic heterocycles. The number of fused-ring (bicyclic) bond motifs is 1. The average molecular weight is 329 g/mol. The van der Waals surface area contributed by atoms with Crippen molar-refractivity contribution in [3.63, 3.8) is 0 Å². The Kier molecular flexibility index (Phi) is 3.64. The zero-order valence-corrected chi connectivity index (χ0v) is 14.9. The second-order valence-electron chi connectivity index (χ2n) is 8.00. The number of carbonyl (C=O) groups is 1. The van der Waals surface area contributed by atoms with Gasteiger partial charge in [0.25, 0.3) is 0 Å². The van der Waals surface area contributed by atoms with E-state index < -0.39 is 0 Å². The third-order valence-electron chi connectivity index (χ3n) is 6.80. The van der Waals surface area contributed by atoms with E-state index in [1.165, 1.54) is 31.7 Å². The standard InChI is InChI=1S/C20H27NO3/c1-12-10-17(24-13(2)22)19(23)18-14(12)11-16-15-6-4-5-7-20(15,18)8-9-21(16)3/h10,15-16,23H,4-9,11H2,1-3H3/t15?,16?,20-/m1/s1. The van der Waals surface area contributed by atoms with Crippen LogP contribution in [-0.2, 0) is 16.6 Å². The lowest BCUT2D eigenvalue weighted by molar-refractivity contribution is -0.132. The fourth-order valence-electron chi connectivity index (χ4n) is 5.78. The lowest BCUT2D eigenvalue weighted by Crippen LogP contribution is -2.60. The van der Waals surface area contributed by atoms with E-state index in [4.69, 9.17) is 4.74 Å². The smallest absolute Gasteiger partial charge is 0.308 e. The molecule has 2 bridgehead atoms. The summed E-state index contributed by atoms with van der Waals surface area (Å²) in [5, 5.41) is 11.0. The van der Waals surface area contributed by atoms with Crippen LogP contribution in [0, 0.1) is 12.8 Å². The van der Waals surface area contributed by atoms with Crippen LogP contribution in [0.2, 0.25) is 0 Å². The highest BCUT2D eigenvalue weighted by Gasteiger charge is 2.54. The number of carbonyl (C=O) groups excluding carboxylic acids is 1. The Morgan fingerprint density at radius 3 is 2.92 bits per heavy atom. The average Bonchev–Trinajstić information content (AvgIpc) is 2.54. The maximum atomic E-state index is 11.4. The van der Waals surface area contributed by atoms with Gasteiger partial charge in [-0.3, -0.25) is 4.79 Å². The van der Waals surface area contributed by atoms with Crippen molar-refractivity contribution in [3.05, 3.63) is 22.8 Å². The molecule has 3 atom stereocenters. The lowest BCUT2D eigenvalue weighted by atomic mass is 9.52. The summed E-state index contributed by atoms with van der Waals surface area (Å²) in [5.41, 5.74) is 3.60. The van der Waals surface area contributed by atoms with Crippen molar-refractivity contribution in [1.82, 2.24) is 4.90 Å². The number of esters is 1. The van der Waals surface area contributed by atoms with E-state index in [0.29, 0.717) is 17.7 Å². The predicted octanol–water partition coefficient (Wildman–Crippen LogP) is 3.31. The molecule has 24 heavy (non-hydrogen) atoms. The van der Waals surface area contributed by atoms with Crippen LogP contribution in [0.25, 0.3) is 0 Å². The van der Waals surface area contributed by atoms with E-state index >= 15 is 0 Å². The fourth-order valence-corrected chi connectivity index (χ4v) is 5.78. The number of likely N-dealkylation sites (N-methyl/N-ethyl adjacent to an activating group) is 1. The molecule has 4 rings (SSSR count). The highest BCUT2D eigenvalue weighted by atomic mass is 16.5. The molecule has 4 heteroatoms. The number of aryl methyl sites for hydroxylation is 1.